The number of rotatable bonds is 8. The molecule has 3 heteroatoms. The van der Waals surface area contributed by atoms with E-state index < -0.39 is 0 Å². The van der Waals surface area contributed by atoms with Crippen LogP contribution in [0.3, 0.4) is 0 Å². The standard InChI is InChI=1S/C16H29N3/c1-5-6-9-12-19(13(2)3)16(14(4)17)15-10-7-8-11-18-15/h7-8,10-11,13-14,16H,5-6,9,12,17H2,1-4H3. The third-order valence-electron chi connectivity index (χ3n) is 3.53. The second kappa shape index (κ2) is 8.28. The molecule has 0 fully saturated rings. The lowest BCUT2D eigenvalue weighted by atomic mass is 10.0. The molecule has 0 spiro atoms. The predicted octanol–water partition coefficient (Wildman–Crippen LogP) is 3.37. The lowest BCUT2D eigenvalue weighted by Gasteiger charge is -2.37. The van der Waals surface area contributed by atoms with Crippen molar-refractivity contribution in [1.29, 1.82) is 0 Å². The molecular formula is C16H29N3. The van der Waals surface area contributed by atoms with Gasteiger partial charge in [0.05, 0.1) is 11.7 Å². The van der Waals surface area contributed by atoms with E-state index in [-0.39, 0.29) is 12.1 Å². The number of hydrogen-bond donors (Lipinski definition) is 1. The van der Waals surface area contributed by atoms with Crippen LogP contribution in [0.2, 0.25) is 0 Å². The molecule has 0 radical (unpaired) electrons. The van der Waals surface area contributed by atoms with Gasteiger partial charge in [-0.05, 0) is 45.9 Å². The van der Waals surface area contributed by atoms with Gasteiger partial charge in [0, 0.05) is 18.3 Å². The Balaban J connectivity index is 2.87. The summed E-state index contributed by atoms with van der Waals surface area (Å²) in [6, 6.07) is 6.86. The molecule has 0 saturated carbocycles. The first-order valence-corrected chi connectivity index (χ1v) is 7.50. The first kappa shape index (κ1) is 16.1. The van der Waals surface area contributed by atoms with Gasteiger partial charge in [-0.15, -0.1) is 0 Å². The molecule has 0 saturated heterocycles. The van der Waals surface area contributed by atoms with E-state index in [0.717, 1.165) is 12.2 Å². The van der Waals surface area contributed by atoms with E-state index in [1.165, 1.54) is 19.3 Å². The van der Waals surface area contributed by atoms with Gasteiger partial charge in [0.1, 0.15) is 0 Å². The predicted molar refractivity (Wildman–Crippen MR) is 82.0 cm³/mol. The van der Waals surface area contributed by atoms with Gasteiger partial charge in [-0.1, -0.05) is 25.8 Å². The Morgan fingerprint density at radius 1 is 1.21 bits per heavy atom. The van der Waals surface area contributed by atoms with E-state index in [2.05, 4.69) is 43.6 Å². The quantitative estimate of drug-likeness (QED) is 0.731. The summed E-state index contributed by atoms with van der Waals surface area (Å²) in [5, 5.41) is 0. The number of hydrogen-bond acceptors (Lipinski definition) is 3. The minimum atomic E-state index is 0.0823. The summed E-state index contributed by atoms with van der Waals surface area (Å²) in [6.45, 7) is 9.89. The molecule has 0 amide bonds. The highest BCUT2D eigenvalue weighted by Gasteiger charge is 2.26. The van der Waals surface area contributed by atoms with Crippen LogP contribution in [-0.4, -0.2) is 28.5 Å². The van der Waals surface area contributed by atoms with Crippen molar-refractivity contribution in [3.63, 3.8) is 0 Å². The molecule has 1 aromatic rings. The largest absolute Gasteiger partial charge is 0.326 e. The monoisotopic (exact) mass is 263 g/mol. The van der Waals surface area contributed by atoms with Crippen LogP contribution in [0.5, 0.6) is 0 Å². The highest BCUT2D eigenvalue weighted by atomic mass is 15.2. The molecule has 1 aromatic heterocycles. The molecule has 1 rings (SSSR count). The Morgan fingerprint density at radius 3 is 2.42 bits per heavy atom. The highest BCUT2D eigenvalue weighted by molar-refractivity contribution is 5.11. The second-order valence-electron chi connectivity index (χ2n) is 5.60. The molecule has 3 nitrogen and oxygen atoms in total. The van der Waals surface area contributed by atoms with Crippen LogP contribution in [0.25, 0.3) is 0 Å². The van der Waals surface area contributed by atoms with Crippen molar-refractivity contribution < 1.29 is 0 Å². The Labute approximate surface area is 118 Å². The molecular weight excluding hydrogens is 234 g/mol. The van der Waals surface area contributed by atoms with Crippen LogP contribution in [0.4, 0.5) is 0 Å². The van der Waals surface area contributed by atoms with Crippen molar-refractivity contribution >= 4 is 0 Å². The lowest BCUT2D eigenvalue weighted by molar-refractivity contribution is 0.130. The van der Waals surface area contributed by atoms with Crippen molar-refractivity contribution in [2.75, 3.05) is 6.54 Å². The zero-order valence-electron chi connectivity index (χ0n) is 12.8. The Bertz CT molecular complexity index is 335. The molecule has 0 bridgehead atoms. The fourth-order valence-electron chi connectivity index (χ4n) is 2.56. The molecule has 2 N–H and O–H groups in total. The third kappa shape index (κ3) is 4.92. The van der Waals surface area contributed by atoms with E-state index in [1.54, 1.807) is 0 Å². The fourth-order valence-corrected chi connectivity index (χ4v) is 2.56. The van der Waals surface area contributed by atoms with Gasteiger partial charge in [-0.25, -0.2) is 0 Å². The lowest BCUT2D eigenvalue weighted by Crippen LogP contribution is -2.44. The SMILES string of the molecule is CCCCCN(C(C)C)C(c1ccccn1)C(C)N. The van der Waals surface area contributed by atoms with E-state index in [1.807, 2.05) is 18.3 Å². The van der Waals surface area contributed by atoms with E-state index in [9.17, 15) is 0 Å². The number of aromatic nitrogens is 1. The van der Waals surface area contributed by atoms with Crippen molar-refractivity contribution in [2.45, 2.75) is 65.1 Å². The summed E-state index contributed by atoms with van der Waals surface area (Å²) in [5.41, 5.74) is 7.32. The topological polar surface area (TPSA) is 42.2 Å². The maximum atomic E-state index is 6.23. The van der Waals surface area contributed by atoms with Gasteiger partial charge in [-0.2, -0.15) is 0 Å². The molecule has 1 heterocycles. The first-order valence-electron chi connectivity index (χ1n) is 7.50. The normalized spacial score (nSPS) is 14.9. The molecule has 2 atom stereocenters. The Kier molecular flexibility index (Phi) is 7.03. The fraction of sp³-hybridized carbons (Fsp3) is 0.688. The number of unbranched alkanes of at least 4 members (excludes halogenated alkanes) is 2. The molecule has 0 aliphatic rings. The van der Waals surface area contributed by atoms with Crippen LogP contribution in [0.15, 0.2) is 24.4 Å². The molecule has 0 aromatic carbocycles. The number of pyridine rings is 1. The molecule has 2 unspecified atom stereocenters. The van der Waals surface area contributed by atoms with E-state index >= 15 is 0 Å². The van der Waals surface area contributed by atoms with Crippen LogP contribution in [-0.2, 0) is 0 Å². The highest BCUT2D eigenvalue weighted by Crippen LogP contribution is 2.24. The molecule has 108 valence electrons. The van der Waals surface area contributed by atoms with Crippen LogP contribution < -0.4 is 5.73 Å². The van der Waals surface area contributed by atoms with Crippen molar-refractivity contribution in [3.8, 4) is 0 Å². The maximum Gasteiger partial charge on any atom is 0.0673 e. The minimum Gasteiger partial charge on any atom is -0.326 e. The zero-order valence-corrected chi connectivity index (χ0v) is 12.8. The summed E-state index contributed by atoms with van der Waals surface area (Å²) >= 11 is 0. The van der Waals surface area contributed by atoms with E-state index in [0.29, 0.717) is 6.04 Å². The van der Waals surface area contributed by atoms with Gasteiger partial charge in [0.25, 0.3) is 0 Å². The first-order chi connectivity index (χ1) is 9.07. The summed E-state index contributed by atoms with van der Waals surface area (Å²) < 4.78 is 0. The van der Waals surface area contributed by atoms with Gasteiger partial charge in [0.2, 0.25) is 0 Å². The summed E-state index contributed by atoms with van der Waals surface area (Å²) in [4.78, 5) is 7.00. The van der Waals surface area contributed by atoms with Gasteiger partial charge in [0.15, 0.2) is 0 Å². The average Bonchev–Trinajstić information content (AvgIpc) is 2.38. The molecule has 19 heavy (non-hydrogen) atoms. The maximum absolute atomic E-state index is 6.23. The van der Waals surface area contributed by atoms with Gasteiger partial charge in [-0.3, -0.25) is 9.88 Å². The smallest absolute Gasteiger partial charge is 0.0673 e. The number of nitrogens with two attached hydrogens (primary N) is 1. The summed E-state index contributed by atoms with van der Waals surface area (Å²) in [7, 11) is 0. The minimum absolute atomic E-state index is 0.0823. The molecule has 0 aliphatic carbocycles. The van der Waals surface area contributed by atoms with Crippen LogP contribution in [0, 0.1) is 0 Å². The van der Waals surface area contributed by atoms with Crippen molar-refractivity contribution in [1.82, 2.24) is 9.88 Å². The van der Waals surface area contributed by atoms with Crippen molar-refractivity contribution in [3.05, 3.63) is 30.1 Å². The average molecular weight is 263 g/mol. The summed E-state index contributed by atoms with van der Waals surface area (Å²) in [5.74, 6) is 0. The van der Waals surface area contributed by atoms with Gasteiger partial charge < -0.3 is 5.73 Å². The van der Waals surface area contributed by atoms with E-state index in [4.69, 9.17) is 5.73 Å². The summed E-state index contributed by atoms with van der Waals surface area (Å²) in [6.07, 6.45) is 5.61. The Morgan fingerprint density at radius 2 is 1.95 bits per heavy atom. The van der Waals surface area contributed by atoms with Gasteiger partial charge >= 0.3 is 0 Å². The molecule has 0 aliphatic heterocycles. The number of nitrogens with zero attached hydrogens (tertiary/aromatic N) is 2. The Hall–Kier alpha value is -0.930. The second-order valence-corrected chi connectivity index (χ2v) is 5.60. The zero-order chi connectivity index (χ0) is 14.3. The third-order valence-corrected chi connectivity index (χ3v) is 3.53. The van der Waals surface area contributed by atoms with Crippen LogP contribution >= 0.6 is 0 Å². The van der Waals surface area contributed by atoms with Crippen LogP contribution in [0.1, 0.15) is 58.7 Å². The van der Waals surface area contributed by atoms with Crippen molar-refractivity contribution in [2.24, 2.45) is 5.73 Å².